The van der Waals surface area contributed by atoms with Crippen LogP contribution in [0.25, 0.3) is 0 Å². The molecule has 1 N–H and O–H groups in total. The van der Waals surface area contributed by atoms with Gasteiger partial charge in [-0.25, -0.2) is 0 Å². The van der Waals surface area contributed by atoms with Crippen molar-refractivity contribution in [2.24, 2.45) is 5.92 Å². The molecule has 0 aliphatic rings. The summed E-state index contributed by atoms with van der Waals surface area (Å²) < 4.78 is 0. The molecule has 0 radical (unpaired) electrons. The van der Waals surface area contributed by atoms with Crippen molar-refractivity contribution in [1.82, 2.24) is 10.2 Å². The maximum Gasteiger partial charge on any atom is 0.223 e. The number of carbonyl (C=O) groups is 1. The second-order valence-corrected chi connectivity index (χ2v) is 4.33. The van der Waals surface area contributed by atoms with E-state index in [2.05, 4.69) is 44.8 Å². The van der Waals surface area contributed by atoms with E-state index in [0.29, 0.717) is 6.04 Å². The van der Waals surface area contributed by atoms with E-state index in [9.17, 15) is 4.79 Å². The summed E-state index contributed by atoms with van der Waals surface area (Å²) in [4.78, 5) is 14.1. The van der Waals surface area contributed by atoms with E-state index in [-0.39, 0.29) is 11.8 Å². The first-order valence-corrected chi connectivity index (χ1v) is 6.62. The molecular formula is C13H28N2O. The Labute approximate surface area is 101 Å². The van der Waals surface area contributed by atoms with E-state index in [1.54, 1.807) is 0 Å². The van der Waals surface area contributed by atoms with Crippen molar-refractivity contribution >= 4 is 5.91 Å². The molecule has 0 bridgehead atoms. The number of hydrogen-bond acceptors (Lipinski definition) is 2. The molecular weight excluding hydrogens is 200 g/mol. The Morgan fingerprint density at radius 3 is 2.00 bits per heavy atom. The molecule has 96 valence electrons. The lowest BCUT2D eigenvalue weighted by Crippen LogP contribution is -2.43. The zero-order valence-electron chi connectivity index (χ0n) is 11.5. The van der Waals surface area contributed by atoms with Crippen LogP contribution in [0.4, 0.5) is 0 Å². The highest BCUT2D eigenvalue weighted by molar-refractivity contribution is 5.78. The molecule has 0 aliphatic carbocycles. The van der Waals surface area contributed by atoms with Crippen molar-refractivity contribution in [3.63, 3.8) is 0 Å². The topological polar surface area (TPSA) is 32.3 Å². The number of likely N-dealkylation sites (N-methyl/N-ethyl adjacent to an activating group) is 1. The van der Waals surface area contributed by atoms with Crippen LogP contribution in [0.3, 0.4) is 0 Å². The zero-order valence-corrected chi connectivity index (χ0v) is 11.5. The second kappa shape index (κ2) is 8.57. The van der Waals surface area contributed by atoms with E-state index < -0.39 is 0 Å². The Bertz CT molecular complexity index is 186. The average Bonchev–Trinajstić information content (AvgIpc) is 2.29. The fraction of sp³-hybridized carbons (Fsp3) is 0.923. The Kier molecular flexibility index (Phi) is 8.26. The summed E-state index contributed by atoms with van der Waals surface area (Å²) in [6.45, 7) is 13.5. The van der Waals surface area contributed by atoms with E-state index in [4.69, 9.17) is 0 Å². The van der Waals surface area contributed by atoms with Gasteiger partial charge >= 0.3 is 0 Å². The minimum atomic E-state index is 0.184. The van der Waals surface area contributed by atoms with Gasteiger partial charge in [-0.3, -0.25) is 9.69 Å². The molecule has 0 aliphatic heterocycles. The third-order valence-corrected chi connectivity index (χ3v) is 3.36. The molecule has 16 heavy (non-hydrogen) atoms. The van der Waals surface area contributed by atoms with Crippen LogP contribution in [0, 0.1) is 5.92 Å². The van der Waals surface area contributed by atoms with Crippen LogP contribution in [0.5, 0.6) is 0 Å². The summed E-state index contributed by atoms with van der Waals surface area (Å²) >= 11 is 0. The summed E-state index contributed by atoms with van der Waals surface area (Å²) in [5.41, 5.74) is 0. The molecule has 0 rings (SSSR count). The van der Waals surface area contributed by atoms with Crippen LogP contribution in [0.15, 0.2) is 0 Å². The number of amides is 1. The van der Waals surface area contributed by atoms with Crippen molar-refractivity contribution in [3.05, 3.63) is 0 Å². The number of carbonyl (C=O) groups excluding carboxylic acids is 1. The molecule has 0 aromatic carbocycles. The highest BCUT2D eigenvalue weighted by Crippen LogP contribution is 2.07. The molecule has 0 aromatic rings. The smallest absolute Gasteiger partial charge is 0.223 e. The minimum absolute atomic E-state index is 0.184. The third-order valence-electron chi connectivity index (χ3n) is 3.36. The average molecular weight is 228 g/mol. The molecule has 3 nitrogen and oxygen atoms in total. The van der Waals surface area contributed by atoms with Crippen LogP contribution >= 0.6 is 0 Å². The Morgan fingerprint density at radius 2 is 1.62 bits per heavy atom. The van der Waals surface area contributed by atoms with Gasteiger partial charge in [0.05, 0.1) is 0 Å². The SMILES string of the molecule is CCC(CC)C(=O)NCC(C)N(CC)CC. The first-order valence-electron chi connectivity index (χ1n) is 6.62. The molecule has 0 saturated carbocycles. The molecule has 3 heteroatoms. The maximum atomic E-state index is 11.8. The molecule has 1 atom stereocenters. The van der Waals surface area contributed by atoms with Gasteiger partial charge in [0.15, 0.2) is 0 Å². The normalized spacial score (nSPS) is 13.2. The van der Waals surface area contributed by atoms with Gasteiger partial charge in [-0.2, -0.15) is 0 Å². The fourth-order valence-corrected chi connectivity index (χ4v) is 2.03. The van der Waals surface area contributed by atoms with Gasteiger partial charge in [-0.15, -0.1) is 0 Å². The quantitative estimate of drug-likeness (QED) is 0.691. The van der Waals surface area contributed by atoms with Gasteiger partial charge in [0.2, 0.25) is 5.91 Å². The lowest BCUT2D eigenvalue weighted by Gasteiger charge is -2.27. The zero-order chi connectivity index (χ0) is 12.6. The van der Waals surface area contributed by atoms with Crippen molar-refractivity contribution in [1.29, 1.82) is 0 Å². The monoisotopic (exact) mass is 228 g/mol. The highest BCUT2D eigenvalue weighted by Gasteiger charge is 2.16. The first-order chi connectivity index (χ1) is 7.60. The molecule has 0 aromatic heterocycles. The molecule has 0 spiro atoms. The summed E-state index contributed by atoms with van der Waals surface area (Å²) in [5.74, 6) is 0.396. The van der Waals surface area contributed by atoms with Gasteiger partial charge in [0, 0.05) is 18.5 Å². The van der Waals surface area contributed by atoms with Crippen LogP contribution < -0.4 is 5.32 Å². The molecule has 0 saturated heterocycles. The first kappa shape index (κ1) is 15.4. The van der Waals surface area contributed by atoms with E-state index in [1.807, 2.05) is 0 Å². The van der Waals surface area contributed by atoms with Crippen molar-refractivity contribution in [3.8, 4) is 0 Å². The summed E-state index contributed by atoms with van der Waals surface area (Å²) in [5, 5.41) is 3.05. The van der Waals surface area contributed by atoms with E-state index in [0.717, 1.165) is 32.5 Å². The van der Waals surface area contributed by atoms with Gasteiger partial charge < -0.3 is 5.32 Å². The predicted octanol–water partition coefficient (Wildman–Crippen LogP) is 2.27. The molecule has 1 unspecified atom stereocenters. The van der Waals surface area contributed by atoms with E-state index in [1.165, 1.54) is 0 Å². The van der Waals surface area contributed by atoms with Gasteiger partial charge in [-0.05, 0) is 32.9 Å². The Hall–Kier alpha value is -0.570. The van der Waals surface area contributed by atoms with Gasteiger partial charge in [0.1, 0.15) is 0 Å². The molecule has 0 fully saturated rings. The standard InChI is InChI=1S/C13H28N2O/c1-6-12(7-2)13(16)14-10-11(5)15(8-3)9-4/h11-12H,6-10H2,1-5H3,(H,14,16). The minimum Gasteiger partial charge on any atom is -0.354 e. The molecule has 0 heterocycles. The molecule has 1 amide bonds. The summed E-state index contributed by atoms with van der Waals surface area (Å²) in [7, 11) is 0. The number of rotatable bonds is 8. The maximum absolute atomic E-state index is 11.8. The fourth-order valence-electron chi connectivity index (χ4n) is 2.03. The number of nitrogens with zero attached hydrogens (tertiary/aromatic N) is 1. The highest BCUT2D eigenvalue weighted by atomic mass is 16.1. The van der Waals surface area contributed by atoms with Crippen LogP contribution in [-0.4, -0.2) is 36.5 Å². The van der Waals surface area contributed by atoms with Gasteiger partial charge in [0.25, 0.3) is 0 Å². The summed E-state index contributed by atoms with van der Waals surface area (Å²) in [6.07, 6.45) is 1.87. The van der Waals surface area contributed by atoms with Crippen LogP contribution in [-0.2, 0) is 4.79 Å². The van der Waals surface area contributed by atoms with Crippen LogP contribution in [0.1, 0.15) is 47.5 Å². The Morgan fingerprint density at radius 1 is 1.12 bits per heavy atom. The Balaban J connectivity index is 3.99. The van der Waals surface area contributed by atoms with Crippen molar-refractivity contribution < 1.29 is 4.79 Å². The van der Waals surface area contributed by atoms with Crippen LogP contribution in [0.2, 0.25) is 0 Å². The third kappa shape index (κ3) is 4.97. The lowest BCUT2D eigenvalue weighted by molar-refractivity contribution is -0.125. The number of nitrogens with one attached hydrogen (secondary N) is 1. The summed E-state index contributed by atoms with van der Waals surface area (Å²) in [6, 6.07) is 0.424. The predicted molar refractivity (Wildman–Crippen MR) is 69.5 cm³/mol. The second-order valence-electron chi connectivity index (χ2n) is 4.33. The van der Waals surface area contributed by atoms with Crippen molar-refractivity contribution in [2.45, 2.75) is 53.5 Å². The lowest BCUT2D eigenvalue weighted by atomic mass is 10.0. The van der Waals surface area contributed by atoms with E-state index >= 15 is 0 Å². The largest absolute Gasteiger partial charge is 0.354 e. The number of hydrogen-bond donors (Lipinski definition) is 1. The van der Waals surface area contributed by atoms with Gasteiger partial charge in [-0.1, -0.05) is 27.7 Å². The van der Waals surface area contributed by atoms with Crippen molar-refractivity contribution in [2.75, 3.05) is 19.6 Å².